The minimum Gasteiger partial charge on any atom is -0.459 e. The summed E-state index contributed by atoms with van der Waals surface area (Å²) in [6.07, 6.45) is 6.19. The van der Waals surface area contributed by atoms with Gasteiger partial charge in [-0.05, 0) is 18.6 Å². The summed E-state index contributed by atoms with van der Waals surface area (Å²) < 4.78 is 6.91. The van der Waals surface area contributed by atoms with E-state index in [9.17, 15) is 9.59 Å². The SMILES string of the molecule is O=C(CCCNC(=O)c1ccco1)NCc1cn2ccsc2n1. The number of hydrogen-bond acceptors (Lipinski definition) is 5. The van der Waals surface area contributed by atoms with Crippen LogP contribution in [0.5, 0.6) is 0 Å². The van der Waals surface area contributed by atoms with E-state index in [1.54, 1.807) is 23.5 Å². The Bertz CT molecular complexity index is 762. The predicted molar refractivity (Wildman–Crippen MR) is 85.2 cm³/mol. The first-order chi connectivity index (χ1) is 11.2. The van der Waals surface area contributed by atoms with Gasteiger partial charge in [0.1, 0.15) is 0 Å². The largest absolute Gasteiger partial charge is 0.459 e. The Hall–Kier alpha value is -2.61. The summed E-state index contributed by atoms with van der Waals surface area (Å²) in [6.45, 7) is 0.832. The lowest BCUT2D eigenvalue weighted by molar-refractivity contribution is -0.121. The fourth-order valence-corrected chi connectivity index (χ4v) is 2.80. The Morgan fingerprint density at radius 3 is 3.04 bits per heavy atom. The minimum absolute atomic E-state index is 0.0615. The van der Waals surface area contributed by atoms with Crippen LogP contribution in [0, 0.1) is 0 Å². The van der Waals surface area contributed by atoms with Crippen molar-refractivity contribution in [2.45, 2.75) is 19.4 Å². The highest BCUT2D eigenvalue weighted by molar-refractivity contribution is 7.15. The standard InChI is InChI=1S/C15H16N4O3S/c20-13(4-1-5-16-14(21)12-3-2-7-22-12)17-9-11-10-19-6-8-23-15(19)18-11/h2-3,6-8,10H,1,4-5,9H2,(H,16,21)(H,17,20). The maximum absolute atomic E-state index is 11.8. The first-order valence-electron chi connectivity index (χ1n) is 7.22. The average Bonchev–Trinajstić information content (AvgIpc) is 3.25. The summed E-state index contributed by atoms with van der Waals surface area (Å²) in [5.74, 6) is -0.0590. The van der Waals surface area contributed by atoms with Gasteiger partial charge in [0.2, 0.25) is 5.91 Å². The molecule has 3 aromatic heterocycles. The van der Waals surface area contributed by atoms with Crippen molar-refractivity contribution in [2.24, 2.45) is 0 Å². The highest BCUT2D eigenvalue weighted by Crippen LogP contribution is 2.11. The molecular formula is C15H16N4O3S. The lowest BCUT2D eigenvalue weighted by Crippen LogP contribution is -2.27. The second-order valence-electron chi connectivity index (χ2n) is 4.94. The van der Waals surface area contributed by atoms with Gasteiger partial charge in [-0.2, -0.15) is 0 Å². The first-order valence-corrected chi connectivity index (χ1v) is 8.10. The predicted octanol–water partition coefficient (Wildman–Crippen LogP) is 1.82. The molecule has 0 bridgehead atoms. The van der Waals surface area contributed by atoms with Gasteiger partial charge in [-0.25, -0.2) is 4.98 Å². The number of rotatable bonds is 7. The molecule has 0 radical (unpaired) electrons. The molecule has 0 atom stereocenters. The fraction of sp³-hybridized carbons (Fsp3) is 0.267. The van der Waals surface area contributed by atoms with Crippen LogP contribution in [-0.4, -0.2) is 27.7 Å². The maximum Gasteiger partial charge on any atom is 0.286 e. The molecule has 0 aromatic carbocycles. The number of imidazole rings is 1. The molecule has 3 rings (SSSR count). The number of nitrogens with one attached hydrogen (secondary N) is 2. The molecule has 8 heteroatoms. The third-order valence-corrected chi connectivity index (χ3v) is 3.99. The van der Waals surface area contributed by atoms with Crippen molar-refractivity contribution in [3.63, 3.8) is 0 Å². The Balaban J connectivity index is 1.33. The molecule has 7 nitrogen and oxygen atoms in total. The number of furan rings is 1. The fourth-order valence-electron chi connectivity index (χ4n) is 2.08. The second-order valence-corrected chi connectivity index (χ2v) is 5.81. The van der Waals surface area contributed by atoms with Crippen LogP contribution in [0.15, 0.2) is 40.6 Å². The van der Waals surface area contributed by atoms with Crippen LogP contribution < -0.4 is 10.6 Å². The monoisotopic (exact) mass is 332 g/mol. The molecule has 0 aliphatic heterocycles. The van der Waals surface area contributed by atoms with Gasteiger partial charge < -0.3 is 15.1 Å². The number of fused-ring (bicyclic) bond motifs is 1. The maximum atomic E-state index is 11.8. The van der Waals surface area contributed by atoms with Gasteiger partial charge in [-0.1, -0.05) is 0 Å². The Kier molecular flexibility index (Phi) is 4.72. The molecule has 2 amide bonds. The van der Waals surface area contributed by atoms with Gasteiger partial charge >= 0.3 is 0 Å². The highest BCUT2D eigenvalue weighted by atomic mass is 32.1. The Labute approximate surface area is 136 Å². The van der Waals surface area contributed by atoms with Crippen molar-refractivity contribution < 1.29 is 14.0 Å². The van der Waals surface area contributed by atoms with Crippen LogP contribution >= 0.6 is 11.3 Å². The Morgan fingerprint density at radius 1 is 1.35 bits per heavy atom. The van der Waals surface area contributed by atoms with Crippen LogP contribution in [0.4, 0.5) is 0 Å². The molecule has 0 unspecified atom stereocenters. The van der Waals surface area contributed by atoms with Crippen molar-refractivity contribution >= 4 is 28.1 Å². The molecule has 2 N–H and O–H groups in total. The van der Waals surface area contributed by atoms with E-state index in [2.05, 4.69) is 15.6 Å². The molecule has 0 saturated carbocycles. The molecule has 0 fully saturated rings. The summed E-state index contributed by atoms with van der Waals surface area (Å²) in [5.41, 5.74) is 0.830. The highest BCUT2D eigenvalue weighted by Gasteiger charge is 2.08. The van der Waals surface area contributed by atoms with E-state index in [1.807, 2.05) is 22.2 Å². The summed E-state index contributed by atoms with van der Waals surface area (Å²) in [7, 11) is 0. The smallest absolute Gasteiger partial charge is 0.286 e. The minimum atomic E-state index is -0.270. The van der Waals surface area contributed by atoms with Crippen LogP contribution in [-0.2, 0) is 11.3 Å². The first kappa shape index (κ1) is 15.3. The summed E-state index contributed by atoms with van der Waals surface area (Å²) in [4.78, 5) is 28.7. The van der Waals surface area contributed by atoms with E-state index in [0.29, 0.717) is 25.9 Å². The Morgan fingerprint density at radius 2 is 2.26 bits per heavy atom. The third kappa shape index (κ3) is 3.98. The lowest BCUT2D eigenvalue weighted by atomic mass is 10.3. The van der Waals surface area contributed by atoms with Gasteiger partial charge in [-0.15, -0.1) is 11.3 Å². The molecule has 0 aliphatic rings. The van der Waals surface area contributed by atoms with E-state index < -0.39 is 0 Å². The summed E-state index contributed by atoms with van der Waals surface area (Å²) in [5, 5.41) is 7.49. The third-order valence-electron chi connectivity index (χ3n) is 3.22. The van der Waals surface area contributed by atoms with Gasteiger partial charge in [0.05, 0.1) is 18.5 Å². The number of aromatic nitrogens is 2. The van der Waals surface area contributed by atoms with Crippen LogP contribution in [0.25, 0.3) is 4.96 Å². The normalized spacial score (nSPS) is 10.8. The van der Waals surface area contributed by atoms with Crippen molar-refractivity contribution in [3.05, 3.63) is 47.6 Å². The van der Waals surface area contributed by atoms with Gasteiger partial charge in [-0.3, -0.25) is 14.0 Å². The van der Waals surface area contributed by atoms with Gasteiger partial charge in [0.25, 0.3) is 5.91 Å². The van der Waals surface area contributed by atoms with Crippen molar-refractivity contribution in [3.8, 4) is 0 Å². The quantitative estimate of drug-likeness (QED) is 0.646. The number of nitrogens with zero attached hydrogens (tertiary/aromatic N) is 2. The molecule has 23 heavy (non-hydrogen) atoms. The summed E-state index contributed by atoms with van der Waals surface area (Å²) in [6, 6.07) is 3.25. The molecule has 3 aromatic rings. The molecule has 0 aliphatic carbocycles. The number of carbonyl (C=O) groups excluding carboxylic acids is 2. The zero-order chi connectivity index (χ0) is 16.1. The molecule has 120 valence electrons. The van der Waals surface area contributed by atoms with Gasteiger partial charge in [0, 0.05) is 30.7 Å². The van der Waals surface area contributed by atoms with E-state index >= 15 is 0 Å². The van der Waals surface area contributed by atoms with Crippen LogP contribution in [0.3, 0.4) is 0 Å². The van der Waals surface area contributed by atoms with E-state index in [4.69, 9.17) is 4.42 Å². The summed E-state index contributed by atoms with van der Waals surface area (Å²) >= 11 is 1.55. The van der Waals surface area contributed by atoms with Gasteiger partial charge in [0.15, 0.2) is 10.7 Å². The second kappa shape index (κ2) is 7.10. The van der Waals surface area contributed by atoms with E-state index in [-0.39, 0.29) is 17.6 Å². The molecule has 0 spiro atoms. The van der Waals surface area contributed by atoms with Crippen molar-refractivity contribution in [1.82, 2.24) is 20.0 Å². The number of amides is 2. The zero-order valence-corrected chi connectivity index (χ0v) is 13.1. The topological polar surface area (TPSA) is 88.6 Å². The van der Waals surface area contributed by atoms with Crippen molar-refractivity contribution in [1.29, 1.82) is 0 Å². The van der Waals surface area contributed by atoms with E-state index in [1.165, 1.54) is 6.26 Å². The number of thiazole rings is 1. The number of hydrogen-bond donors (Lipinski definition) is 2. The molecule has 3 heterocycles. The van der Waals surface area contributed by atoms with Crippen LogP contribution in [0.1, 0.15) is 29.1 Å². The molecular weight excluding hydrogens is 316 g/mol. The average molecular weight is 332 g/mol. The number of carbonyl (C=O) groups is 2. The van der Waals surface area contributed by atoms with E-state index in [0.717, 1.165) is 10.7 Å². The molecule has 0 saturated heterocycles. The van der Waals surface area contributed by atoms with Crippen LogP contribution in [0.2, 0.25) is 0 Å². The lowest BCUT2D eigenvalue weighted by Gasteiger charge is -2.04. The zero-order valence-electron chi connectivity index (χ0n) is 12.3. The van der Waals surface area contributed by atoms with Crippen molar-refractivity contribution in [2.75, 3.05) is 6.54 Å².